The molecule has 0 aliphatic carbocycles. The van der Waals surface area contributed by atoms with Crippen molar-refractivity contribution in [3.8, 4) is 0 Å². The van der Waals surface area contributed by atoms with E-state index in [-0.39, 0.29) is 0 Å². The van der Waals surface area contributed by atoms with E-state index >= 15 is 0 Å². The monoisotopic (exact) mass is 153 g/mol. The van der Waals surface area contributed by atoms with Crippen LogP contribution in [0.4, 0.5) is 4.79 Å². The standard InChI is InChI=1S/C7H7NO3/c1-10-7(9)8-5-6-3-2-4-11-6/h2-5H,1H3/b8-5+. The smallest absolute Gasteiger partial charge is 0.433 e. The van der Waals surface area contributed by atoms with Crippen LogP contribution < -0.4 is 0 Å². The Bertz CT molecular complexity index is 251. The van der Waals surface area contributed by atoms with Gasteiger partial charge in [-0.2, -0.15) is 4.99 Å². The van der Waals surface area contributed by atoms with E-state index in [2.05, 4.69) is 9.73 Å². The first-order valence-electron chi connectivity index (χ1n) is 2.98. The lowest BCUT2D eigenvalue weighted by molar-refractivity contribution is 0.182. The summed E-state index contributed by atoms with van der Waals surface area (Å²) >= 11 is 0. The molecule has 0 N–H and O–H groups in total. The molecular formula is C7H7NO3. The fourth-order valence-corrected chi connectivity index (χ4v) is 0.534. The molecule has 1 aromatic heterocycles. The van der Waals surface area contributed by atoms with E-state index in [0.29, 0.717) is 5.76 Å². The number of methoxy groups -OCH3 is 1. The minimum absolute atomic E-state index is 0.524. The molecule has 0 saturated carbocycles. The molecule has 1 rings (SSSR count). The second-order valence-corrected chi connectivity index (χ2v) is 1.74. The Morgan fingerprint density at radius 1 is 1.82 bits per heavy atom. The van der Waals surface area contributed by atoms with Gasteiger partial charge in [0.1, 0.15) is 5.76 Å². The summed E-state index contributed by atoms with van der Waals surface area (Å²) in [6.45, 7) is 0. The molecule has 1 heterocycles. The van der Waals surface area contributed by atoms with Crippen molar-refractivity contribution in [3.63, 3.8) is 0 Å². The SMILES string of the molecule is COC(=O)/N=C/c1ccco1. The number of amides is 1. The molecule has 0 radical (unpaired) electrons. The number of ether oxygens (including phenoxy) is 1. The molecule has 1 amide bonds. The van der Waals surface area contributed by atoms with Gasteiger partial charge in [0.2, 0.25) is 0 Å². The van der Waals surface area contributed by atoms with Crippen LogP contribution >= 0.6 is 0 Å². The summed E-state index contributed by atoms with van der Waals surface area (Å²) in [6, 6.07) is 3.39. The molecule has 0 spiro atoms. The molecular weight excluding hydrogens is 146 g/mol. The lowest BCUT2D eigenvalue weighted by Crippen LogP contribution is -1.92. The number of carbonyl (C=O) groups is 1. The van der Waals surface area contributed by atoms with Gasteiger partial charge in [0.05, 0.1) is 19.6 Å². The molecule has 0 unspecified atom stereocenters. The van der Waals surface area contributed by atoms with Gasteiger partial charge in [-0.15, -0.1) is 0 Å². The fourth-order valence-electron chi connectivity index (χ4n) is 0.534. The van der Waals surface area contributed by atoms with Gasteiger partial charge in [0.25, 0.3) is 0 Å². The van der Waals surface area contributed by atoms with Crippen molar-refractivity contribution in [3.05, 3.63) is 24.2 Å². The lowest BCUT2D eigenvalue weighted by Gasteiger charge is -1.86. The Morgan fingerprint density at radius 2 is 2.64 bits per heavy atom. The van der Waals surface area contributed by atoms with Crippen LogP contribution in [0.1, 0.15) is 5.76 Å². The average Bonchev–Trinajstić information content (AvgIpc) is 2.52. The number of hydrogen-bond acceptors (Lipinski definition) is 3. The lowest BCUT2D eigenvalue weighted by atomic mass is 10.5. The predicted octanol–water partition coefficient (Wildman–Crippen LogP) is 1.46. The van der Waals surface area contributed by atoms with Crippen molar-refractivity contribution in [2.24, 2.45) is 4.99 Å². The van der Waals surface area contributed by atoms with Crippen LogP contribution in [0.3, 0.4) is 0 Å². The highest BCUT2D eigenvalue weighted by molar-refractivity contribution is 5.86. The van der Waals surface area contributed by atoms with Gasteiger partial charge in [-0.25, -0.2) is 4.79 Å². The number of nitrogens with zero attached hydrogens (tertiary/aromatic N) is 1. The first-order valence-corrected chi connectivity index (χ1v) is 2.98. The Morgan fingerprint density at radius 3 is 3.18 bits per heavy atom. The minimum atomic E-state index is -0.638. The quantitative estimate of drug-likeness (QED) is 0.574. The van der Waals surface area contributed by atoms with Gasteiger partial charge in [0, 0.05) is 0 Å². The van der Waals surface area contributed by atoms with Gasteiger partial charge in [-0.05, 0) is 12.1 Å². The van der Waals surface area contributed by atoms with E-state index in [4.69, 9.17) is 4.42 Å². The van der Waals surface area contributed by atoms with Gasteiger partial charge in [0.15, 0.2) is 0 Å². The van der Waals surface area contributed by atoms with E-state index < -0.39 is 6.09 Å². The number of aliphatic imine (C=N–C) groups is 1. The zero-order valence-electron chi connectivity index (χ0n) is 5.98. The second kappa shape index (κ2) is 3.55. The van der Waals surface area contributed by atoms with E-state index in [0.717, 1.165) is 0 Å². The number of hydrogen-bond donors (Lipinski definition) is 0. The first-order chi connectivity index (χ1) is 5.33. The van der Waals surface area contributed by atoms with Crippen molar-refractivity contribution in [1.82, 2.24) is 0 Å². The molecule has 1 aromatic rings. The summed E-state index contributed by atoms with van der Waals surface area (Å²) < 4.78 is 9.14. The number of furan rings is 1. The van der Waals surface area contributed by atoms with Crippen LogP contribution in [0.25, 0.3) is 0 Å². The molecule has 4 heteroatoms. The predicted molar refractivity (Wildman–Crippen MR) is 38.7 cm³/mol. The van der Waals surface area contributed by atoms with E-state index in [1.807, 2.05) is 0 Å². The Hall–Kier alpha value is -1.58. The fraction of sp³-hybridized carbons (Fsp3) is 0.143. The maximum Gasteiger partial charge on any atom is 0.433 e. The third-order valence-corrected chi connectivity index (χ3v) is 1.02. The summed E-state index contributed by atoms with van der Waals surface area (Å²) in [5.41, 5.74) is 0. The maximum absolute atomic E-state index is 10.4. The van der Waals surface area contributed by atoms with Gasteiger partial charge in [-0.3, -0.25) is 0 Å². The molecule has 0 aliphatic heterocycles. The normalized spacial score (nSPS) is 10.3. The van der Waals surface area contributed by atoms with Crippen LogP contribution in [-0.2, 0) is 4.74 Å². The van der Waals surface area contributed by atoms with E-state index in [9.17, 15) is 4.79 Å². The molecule has 0 aromatic carbocycles. The van der Waals surface area contributed by atoms with Crippen LogP contribution in [0.5, 0.6) is 0 Å². The summed E-state index contributed by atoms with van der Waals surface area (Å²) in [5, 5.41) is 0. The van der Waals surface area contributed by atoms with Crippen LogP contribution in [0.2, 0.25) is 0 Å². The topological polar surface area (TPSA) is 51.8 Å². The molecule has 4 nitrogen and oxygen atoms in total. The first kappa shape index (κ1) is 7.53. The van der Waals surface area contributed by atoms with Gasteiger partial charge < -0.3 is 9.15 Å². The average molecular weight is 153 g/mol. The third kappa shape index (κ3) is 2.25. The van der Waals surface area contributed by atoms with Crippen LogP contribution in [-0.4, -0.2) is 19.4 Å². The summed E-state index contributed by atoms with van der Waals surface area (Å²) in [7, 11) is 1.27. The second-order valence-electron chi connectivity index (χ2n) is 1.74. The molecule has 0 fully saturated rings. The Balaban J connectivity index is 2.55. The molecule has 11 heavy (non-hydrogen) atoms. The molecule has 0 saturated heterocycles. The Labute approximate surface area is 63.5 Å². The van der Waals surface area contributed by atoms with Gasteiger partial charge >= 0.3 is 6.09 Å². The van der Waals surface area contributed by atoms with Crippen molar-refractivity contribution in [1.29, 1.82) is 0 Å². The Kier molecular flexibility index (Phi) is 2.43. The largest absolute Gasteiger partial charge is 0.463 e. The highest BCUT2D eigenvalue weighted by Crippen LogP contribution is 1.95. The maximum atomic E-state index is 10.4. The number of carbonyl (C=O) groups excluding carboxylic acids is 1. The summed E-state index contributed by atoms with van der Waals surface area (Å²) in [6.07, 6.45) is 2.16. The molecule has 58 valence electrons. The zero-order valence-corrected chi connectivity index (χ0v) is 5.98. The van der Waals surface area contributed by atoms with Crippen LogP contribution in [0, 0.1) is 0 Å². The highest BCUT2D eigenvalue weighted by atomic mass is 16.5. The van der Waals surface area contributed by atoms with Crippen LogP contribution in [0.15, 0.2) is 27.8 Å². The van der Waals surface area contributed by atoms with E-state index in [1.54, 1.807) is 12.1 Å². The van der Waals surface area contributed by atoms with Crippen molar-refractivity contribution < 1.29 is 13.9 Å². The zero-order chi connectivity index (χ0) is 8.10. The van der Waals surface area contributed by atoms with Crippen molar-refractivity contribution in [2.75, 3.05) is 7.11 Å². The molecule has 0 bridgehead atoms. The number of rotatable bonds is 1. The minimum Gasteiger partial charge on any atom is -0.463 e. The third-order valence-electron chi connectivity index (χ3n) is 1.02. The van der Waals surface area contributed by atoms with Gasteiger partial charge in [-0.1, -0.05) is 0 Å². The summed E-state index contributed by atoms with van der Waals surface area (Å²) in [5.74, 6) is 0.524. The summed E-state index contributed by atoms with van der Waals surface area (Å²) in [4.78, 5) is 13.9. The van der Waals surface area contributed by atoms with E-state index in [1.165, 1.54) is 19.6 Å². The van der Waals surface area contributed by atoms with Crippen molar-refractivity contribution >= 4 is 12.3 Å². The molecule has 0 atom stereocenters. The molecule has 0 aliphatic rings. The van der Waals surface area contributed by atoms with Crippen molar-refractivity contribution in [2.45, 2.75) is 0 Å². The highest BCUT2D eigenvalue weighted by Gasteiger charge is 1.93.